The third-order valence-corrected chi connectivity index (χ3v) is 2.92. The van der Waals surface area contributed by atoms with Crippen molar-refractivity contribution in [3.63, 3.8) is 0 Å². The molecule has 1 heterocycles. The van der Waals surface area contributed by atoms with Crippen LogP contribution in [0.5, 0.6) is 11.5 Å². The topological polar surface area (TPSA) is 72.5 Å². The quantitative estimate of drug-likeness (QED) is 0.669. The van der Waals surface area contributed by atoms with E-state index in [0.29, 0.717) is 15.9 Å². The highest BCUT2D eigenvalue weighted by Crippen LogP contribution is 2.32. The van der Waals surface area contributed by atoms with Gasteiger partial charge in [0.25, 0.3) is 0 Å². The summed E-state index contributed by atoms with van der Waals surface area (Å²) in [6.45, 7) is 2.36. The molecule has 1 aromatic carbocycles. The van der Waals surface area contributed by atoms with Crippen LogP contribution in [0.3, 0.4) is 0 Å². The number of nitrogens with zero attached hydrogens (tertiary/aromatic N) is 4. The van der Waals surface area contributed by atoms with Crippen molar-refractivity contribution in [1.82, 2.24) is 14.9 Å². The van der Waals surface area contributed by atoms with Crippen molar-refractivity contribution in [3.05, 3.63) is 33.9 Å². The minimum absolute atomic E-state index is 0.152. The van der Waals surface area contributed by atoms with E-state index < -0.39 is 0 Å². The van der Waals surface area contributed by atoms with E-state index in [2.05, 4.69) is 15.3 Å². The van der Waals surface area contributed by atoms with Crippen molar-refractivity contribution in [2.24, 2.45) is 5.10 Å². The van der Waals surface area contributed by atoms with Crippen molar-refractivity contribution < 1.29 is 9.84 Å². The van der Waals surface area contributed by atoms with Gasteiger partial charge in [-0.25, -0.2) is 4.68 Å². The third kappa shape index (κ3) is 2.97. The lowest BCUT2D eigenvalue weighted by molar-refractivity contribution is 0.317. The maximum absolute atomic E-state index is 9.80. The molecule has 0 fully saturated rings. The van der Waals surface area contributed by atoms with Gasteiger partial charge in [-0.1, -0.05) is 0 Å². The lowest BCUT2D eigenvalue weighted by Crippen LogP contribution is -1.95. The van der Waals surface area contributed by atoms with E-state index >= 15 is 0 Å². The van der Waals surface area contributed by atoms with Crippen molar-refractivity contribution in [2.75, 3.05) is 6.61 Å². The van der Waals surface area contributed by atoms with Crippen LogP contribution in [0, 0.1) is 3.57 Å². The maximum atomic E-state index is 9.80. The fourth-order valence-electron chi connectivity index (χ4n) is 1.32. The fraction of sp³-hybridized carbons (Fsp3) is 0.182. The van der Waals surface area contributed by atoms with Crippen molar-refractivity contribution in [2.45, 2.75) is 6.92 Å². The number of phenolic OH excluding ortho intramolecular Hbond substituents is 1. The van der Waals surface area contributed by atoms with Gasteiger partial charge in [-0.2, -0.15) is 5.10 Å². The molecule has 2 aromatic rings. The second-order valence-corrected chi connectivity index (χ2v) is 4.53. The molecule has 0 aliphatic heterocycles. The number of rotatable bonds is 4. The Morgan fingerprint density at radius 2 is 2.17 bits per heavy atom. The normalized spacial score (nSPS) is 11.0. The van der Waals surface area contributed by atoms with Gasteiger partial charge < -0.3 is 9.84 Å². The van der Waals surface area contributed by atoms with E-state index in [0.717, 1.165) is 5.56 Å². The molecule has 7 heteroatoms. The first-order chi connectivity index (χ1) is 8.70. The van der Waals surface area contributed by atoms with Gasteiger partial charge in [-0.3, -0.25) is 0 Å². The molecule has 1 aromatic heterocycles. The molecule has 18 heavy (non-hydrogen) atoms. The number of benzene rings is 1. The largest absolute Gasteiger partial charge is 0.504 e. The highest BCUT2D eigenvalue weighted by atomic mass is 127. The summed E-state index contributed by atoms with van der Waals surface area (Å²) in [6.07, 6.45) is 4.63. The first-order valence-electron chi connectivity index (χ1n) is 5.25. The first kappa shape index (κ1) is 12.8. The van der Waals surface area contributed by atoms with Gasteiger partial charge in [0.1, 0.15) is 12.7 Å². The van der Waals surface area contributed by atoms with Gasteiger partial charge in [0, 0.05) is 0 Å². The van der Waals surface area contributed by atoms with Gasteiger partial charge in [0.15, 0.2) is 11.5 Å². The zero-order chi connectivity index (χ0) is 13.0. The van der Waals surface area contributed by atoms with E-state index in [-0.39, 0.29) is 5.75 Å². The Morgan fingerprint density at radius 1 is 1.44 bits per heavy atom. The molecule has 0 aliphatic carbocycles. The summed E-state index contributed by atoms with van der Waals surface area (Å²) in [5.74, 6) is 0.605. The number of aromatic nitrogens is 3. The van der Waals surface area contributed by atoms with Gasteiger partial charge >= 0.3 is 0 Å². The van der Waals surface area contributed by atoms with Crippen LogP contribution in [0.15, 0.2) is 29.9 Å². The molecular formula is C11H11IN4O2. The van der Waals surface area contributed by atoms with Gasteiger partial charge in [0.2, 0.25) is 0 Å². The van der Waals surface area contributed by atoms with E-state index in [4.69, 9.17) is 4.74 Å². The van der Waals surface area contributed by atoms with Crippen LogP contribution in [-0.2, 0) is 0 Å². The Bertz CT molecular complexity index is 554. The maximum Gasteiger partial charge on any atom is 0.171 e. The van der Waals surface area contributed by atoms with Crippen molar-refractivity contribution >= 4 is 28.8 Å². The van der Waals surface area contributed by atoms with Crippen LogP contribution in [0.2, 0.25) is 0 Å². The van der Waals surface area contributed by atoms with Gasteiger partial charge in [0.05, 0.1) is 16.4 Å². The van der Waals surface area contributed by atoms with Crippen LogP contribution in [0.1, 0.15) is 12.5 Å². The lowest BCUT2D eigenvalue weighted by atomic mass is 10.2. The highest BCUT2D eigenvalue weighted by molar-refractivity contribution is 14.1. The Kier molecular flexibility index (Phi) is 4.13. The summed E-state index contributed by atoms with van der Waals surface area (Å²) in [4.78, 5) is 0. The number of hydrogen-bond acceptors (Lipinski definition) is 5. The Hall–Kier alpha value is -1.64. The summed E-state index contributed by atoms with van der Waals surface area (Å²) in [7, 11) is 0. The monoisotopic (exact) mass is 358 g/mol. The molecule has 0 atom stereocenters. The van der Waals surface area contributed by atoms with E-state index in [1.807, 2.05) is 35.6 Å². The van der Waals surface area contributed by atoms with Gasteiger partial charge in [-0.05, 0) is 47.2 Å². The Labute approximate surface area is 117 Å². The molecule has 1 N–H and O–H groups in total. The highest BCUT2D eigenvalue weighted by Gasteiger charge is 2.08. The second-order valence-electron chi connectivity index (χ2n) is 3.37. The average Bonchev–Trinajstić information content (AvgIpc) is 2.86. The van der Waals surface area contributed by atoms with Crippen LogP contribution >= 0.6 is 22.6 Å². The second kappa shape index (κ2) is 5.80. The van der Waals surface area contributed by atoms with Crippen LogP contribution in [0.25, 0.3) is 0 Å². The molecule has 0 bridgehead atoms. The zero-order valence-corrected chi connectivity index (χ0v) is 11.8. The predicted molar refractivity (Wildman–Crippen MR) is 75.0 cm³/mol. The summed E-state index contributed by atoms with van der Waals surface area (Å²) in [6, 6.07) is 3.54. The number of aromatic hydroxyl groups is 1. The molecule has 0 saturated carbocycles. The molecule has 94 valence electrons. The number of ether oxygens (including phenoxy) is 1. The van der Waals surface area contributed by atoms with Crippen LogP contribution in [0.4, 0.5) is 0 Å². The smallest absolute Gasteiger partial charge is 0.171 e. The van der Waals surface area contributed by atoms with Crippen LogP contribution < -0.4 is 4.74 Å². The number of phenols is 1. The Balaban J connectivity index is 2.28. The fourth-order valence-corrected chi connectivity index (χ4v) is 1.95. The van der Waals surface area contributed by atoms with Gasteiger partial charge in [-0.15, -0.1) is 10.2 Å². The standard InChI is InChI=1S/C11H11IN4O2/c1-2-18-10-4-8(3-9(12)11(10)17)5-15-16-6-13-14-7-16/h3-7,17H,2H2,1H3. The average molecular weight is 358 g/mol. The molecule has 0 aliphatic rings. The third-order valence-electron chi connectivity index (χ3n) is 2.10. The summed E-state index contributed by atoms with van der Waals surface area (Å²) in [5, 5.41) is 21.2. The van der Waals surface area contributed by atoms with Crippen molar-refractivity contribution in [3.8, 4) is 11.5 Å². The zero-order valence-electron chi connectivity index (χ0n) is 9.62. The summed E-state index contributed by atoms with van der Waals surface area (Å²) >= 11 is 2.05. The van der Waals surface area contributed by atoms with Crippen molar-refractivity contribution in [1.29, 1.82) is 0 Å². The molecule has 0 amide bonds. The number of halogens is 1. The first-order valence-corrected chi connectivity index (χ1v) is 6.33. The summed E-state index contributed by atoms with van der Waals surface area (Å²) in [5.41, 5.74) is 0.828. The number of hydrogen-bond donors (Lipinski definition) is 1. The Morgan fingerprint density at radius 3 is 2.83 bits per heavy atom. The molecule has 2 rings (SSSR count). The van der Waals surface area contributed by atoms with Crippen LogP contribution in [-0.4, -0.2) is 32.8 Å². The molecule has 0 unspecified atom stereocenters. The minimum Gasteiger partial charge on any atom is -0.504 e. The van der Waals surface area contributed by atoms with E-state index in [9.17, 15) is 5.11 Å². The molecule has 0 saturated heterocycles. The predicted octanol–water partition coefficient (Wildman–Crippen LogP) is 1.87. The van der Waals surface area contributed by atoms with E-state index in [1.165, 1.54) is 17.3 Å². The summed E-state index contributed by atoms with van der Waals surface area (Å²) < 4.78 is 7.55. The minimum atomic E-state index is 0.152. The van der Waals surface area contributed by atoms with E-state index in [1.54, 1.807) is 12.3 Å². The molecule has 6 nitrogen and oxygen atoms in total. The lowest BCUT2D eigenvalue weighted by Gasteiger charge is -2.08. The molecule has 0 radical (unpaired) electrons. The molecular weight excluding hydrogens is 347 g/mol. The SMILES string of the molecule is CCOc1cc(C=Nn2cnnc2)cc(I)c1O. The molecule has 0 spiro atoms.